The molecular weight excluding hydrogens is 315 g/mol. The highest BCUT2D eigenvalue weighted by molar-refractivity contribution is 7.90. The van der Waals surface area contributed by atoms with Gasteiger partial charge in [-0.2, -0.15) is 5.10 Å². The molecule has 0 saturated carbocycles. The Kier molecular flexibility index (Phi) is 4.53. The first kappa shape index (κ1) is 16.2. The van der Waals surface area contributed by atoms with E-state index in [1.165, 1.54) is 12.1 Å². The summed E-state index contributed by atoms with van der Waals surface area (Å²) < 4.78 is 39.4. The monoisotopic (exact) mass is 336 g/mol. The van der Waals surface area contributed by atoms with Gasteiger partial charge in [0.1, 0.15) is 5.82 Å². The zero-order valence-corrected chi connectivity index (χ0v) is 14.1. The third kappa shape index (κ3) is 3.47. The molecule has 4 nitrogen and oxygen atoms in total. The van der Waals surface area contributed by atoms with Gasteiger partial charge in [-0.3, -0.25) is 0 Å². The maximum absolute atomic E-state index is 13.1. The fraction of sp³-hybridized carbons (Fsp3) is 0.471. The van der Waals surface area contributed by atoms with Crippen LogP contribution in [0.2, 0.25) is 0 Å². The van der Waals surface area contributed by atoms with Crippen molar-refractivity contribution in [2.75, 3.05) is 5.75 Å². The third-order valence-corrected chi connectivity index (χ3v) is 5.87. The molecule has 23 heavy (non-hydrogen) atoms. The van der Waals surface area contributed by atoms with E-state index in [4.69, 9.17) is 0 Å². The molecule has 1 heterocycles. The molecule has 2 aromatic rings. The van der Waals surface area contributed by atoms with Gasteiger partial charge in [0, 0.05) is 5.69 Å². The highest BCUT2D eigenvalue weighted by atomic mass is 32.2. The number of sulfone groups is 1. The van der Waals surface area contributed by atoms with E-state index in [1.54, 1.807) is 16.8 Å². The molecule has 0 unspecified atom stereocenters. The smallest absolute Gasteiger partial charge is 0.156 e. The lowest BCUT2D eigenvalue weighted by atomic mass is 10.2. The van der Waals surface area contributed by atoms with E-state index in [0.717, 1.165) is 42.6 Å². The van der Waals surface area contributed by atoms with Crippen LogP contribution in [0.25, 0.3) is 5.69 Å². The van der Waals surface area contributed by atoms with Crippen molar-refractivity contribution < 1.29 is 12.8 Å². The van der Waals surface area contributed by atoms with Crippen molar-refractivity contribution in [3.63, 3.8) is 0 Å². The van der Waals surface area contributed by atoms with Gasteiger partial charge in [0.2, 0.25) is 0 Å². The molecule has 3 rings (SSSR count). The predicted octanol–water partition coefficient (Wildman–Crippen LogP) is 3.22. The lowest BCUT2D eigenvalue weighted by Gasteiger charge is -2.05. The van der Waals surface area contributed by atoms with Gasteiger partial charge in [-0.15, -0.1) is 0 Å². The summed E-state index contributed by atoms with van der Waals surface area (Å²) in [5.74, 6) is -0.0782. The number of rotatable bonds is 6. The summed E-state index contributed by atoms with van der Waals surface area (Å²) in [7, 11) is -3.13. The molecule has 1 aromatic heterocycles. The lowest BCUT2D eigenvalue weighted by molar-refractivity contribution is 0.590. The molecule has 0 N–H and O–H groups in total. The molecule has 1 aliphatic rings. The summed E-state index contributed by atoms with van der Waals surface area (Å²) in [5.41, 5.74) is 3.58. The molecule has 0 fully saturated rings. The second-order valence-electron chi connectivity index (χ2n) is 6.06. The van der Waals surface area contributed by atoms with Crippen molar-refractivity contribution in [2.45, 2.75) is 44.8 Å². The molecule has 0 bridgehead atoms. The van der Waals surface area contributed by atoms with Gasteiger partial charge in [0.05, 0.1) is 22.9 Å². The van der Waals surface area contributed by atoms with Crippen LogP contribution in [0.15, 0.2) is 24.3 Å². The van der Waals surface area contributed by atoms with Crippen LogP contribution >= 0.6 is 0 Å². The van der Waals surface area contributed by atoms with E-state index in [0.29, 0.717) is 12.1 Å². The number of hydrogen-bond donors (Lipinski definition) is 0. The van der Waals surface area contributed by atoms with Gasteiger partial charge in [-0.05, 0) is 55.5 Å². The van der Waals surface area contributed by atoms with E-state index in [1.807, 2.05) is 6.92 Å². The number of benzene rings is 1. The lowest BCUT2D eigenvalue weighted by Crippen LogP contribution is -2.11. The van der Waals surface area contributed by atoms with Gasteiger partial charge in [0.15, 0.2) is 9.84 Å². The minimum Gasteiger partial charge on any atom is -0.237 e. The summed E-state index contributed by atoms with van der Waals surface area (Å²) in [6.45, 7) is 1.98. The molecule has 0 amide bonds. The second kappa shape index (κ2) is 6.43. The number of fused-ring (bicyclic) bond motifs is 1. The number of nitrogens with zero attached hydrogens (tertiary/aromatic N) is 2. The molecule has 0 atom stereocenters. The molecule has 0 aliphatic heterocycles. The summed E-state index contributed by atoms with van der Waals surface area (Å²) >= 11 is 0. The van der Waals surface area contributed by atoms with Crippen molar-refractivity contribution in [1.29, 1.82) is 0 Å². The maximum Gasteiger partial charge on any atom is 0.156 e. The molecule has 0 saturated heterocycles. The number of unbranched alkanes of at least 4 members (excludes halogenated alkanes) is 1. The third-order valence-electron chi connectivity index (χ3n) is 4.25. The number of aromatic nitrogens is 2. The Morgan fingerprint density at radius 2 is 1.96 bits per heavy atom. The first-order valence-corrected chi connectivity index (χ1v) is 9.88. The van der Waals surface area contributed by atoms with Crippen LogP contribution in [0.3, 0.4) is 0 Å². The summed E-state index contributed by atoms with van der Waals surface area (Å²) in [5, 5.41) is 4.54. The van der Waals surface area contributed by atoms with Crippen LogP contribution in [-0.2, 0) is 28.4 Å². The van der Waals surface area contributed by atoms with E-state index in [-0.39, 0.29) is 17.3 Å². The van der Waals surface area contributed by atoms with Crippen LogP contribution in [0.1, 0.15) is 43.1 Å². The normalized spacial score (nSPS) is 14.2. The summed E-state index contributed by atoms with van der Waals surface area (Å²) in [6.07, 6.45) is 4.31. The van der Waals surface area contributed by atoms with Gasteiger partial charge in [0.25, 0.3) is 0 Å². The average molecular weight is 336 g/mol. The Hall–Kier alpha value is -1.69. The van der Waals surface area contributed by atoms with E-state index in [9.17, 15) is 12.8 Å². The van der Waals surface area contributed by atoms with Gasteiger partial charge < -0.3 is 0 Å². The Labute approximate surface area is 136 Å². The predicted molar refractivity (Wildman–Crippen MR) is 87.9 cm³/mol. The van der Waals surface area contributed by atoms with Crippen LogP contribution in [0.4, 0.5) is 4.39 Å². The molecule has 124 valence electrons. The fourth-order valence-electron chi connectivity index (χ4n) is 3.07. The molecule has 6 heteroatoms. The number of hydrogen-bond acceptors (Lipinski definition) is 3. The van der Waals surface area contributed by atoms with Crippen LogP contribution in [0.5, 0.6) is 0 Å². The number of halogens is 1. The summed E-state index contributed by atoms with van der Waals surface area (Å²) in [6, 6.07) is 6.15. The highest BCUT2D eigenvalue weighted by Crippen LogP contribution is 2.29. The van der Waals surface area contributed by atoms with Crippen LogP contribution in [-0.4, -0.2) is 24.0 Å². The van der Waals surface area contributed by atoms with Gasteiger partial charge in [-0.25, -0.2) is 17.5 Å². The van der Waals surface area contributed by atoms with E-state index in [2.05, 4.69) is 5.10 Å². The summed E-state index contributed by atoms with van der Waals surface area (Å²) in [4.78, 5) is 0. The largest absolute Gasteiger partial charge is 0.237 e. The minimum absolute atomic E-state index is 0.00350. The van der Waals surface area contributed by atoms with Crippen molar-refractivity contribution in [1.82, 2.24) is 9.78 Å². The molecule has 0 spiro atoms. The molecular formula is C17H21FN2O2S. The van der Waals surface area contributed by atoms with Gasteiger partial charge in [-0.1, -0.05) is 13.3 Å². The first-order valence-electron chi connectivity index (χ1n) is 8.06. The van der Waals surface area contributed by atoms with E-state index >= 15 is 0 Å². The average Bonchev–Trinajstić information content (AvgIpc) is 3.10. The molecule has 0 radical (unpaired) electrons. The van der Waals surface area contributed by atoms with Crippen molar-refractivity contribution in [3.05, 3.63) is 47.0 Å². The highest BCUT2D eigenvalue weighted by Gasteiger charge is 2.26. The van der Waals surface area contributed by atoms with Crippen LogP contribution in [0, 0.1) is 5.82 Å². The Morgan fingerprint density at radius 1 is 1.22 bits per heavy atom. The molecule has 1 aromatic carbocycles. The quantitative estimate of drug-likeness (QED) is 0.814. The Morgan fingerprint density at radius 3 is 2.65 bits per heavy atom. The fourth-order valence-corrected chi connectivity index (χ4v) is 4.59. The first-order chi connectivity index (χ1) is 11.0. The molecule has 1 aliphatic carbocycles. The zero-order valence-electron chi connectivity index (χ0n) is 13.3. The standard InChI is InChI=1S/C17H21FN2O2S/c1-2-3-11-23(21,22)12-16-15-5-4-6-17(15)20(19-16)14-9-7-13(18)8-10-14/h7-10H,2-6,11-12H2,1H3. The SMILES string of the molecule is CCCCS(=O)(=O)Cc1nn(-c2ccc(F)cc2)c2c1CCC2. The topological polar surface area (TPSA) is 52.0 Å². The van der Waals surface area contributed by atoms with Crippen molar-refractivity contribution in [3.8, 4) is 5.69 Å². The van der Waals surface area contributed by atoms with Crippen molar-refractivity contribution >= 4 is 9.84 Å². The van der Waals surface area contributed by atoms with Gasteiger partial charge >= 0.3 is 0 Å². The van der Waals surface area contributed by atoms with Crippen molar-refractivity contribution in [2.24, 2.45) is 0 Å². The second-order valence-corrected chi connectivity index (χ2v) is 8.24. The zero-order chi connectivity index (χ0) is 16.4. The van der Waals surface area contributed by atoms with Crippen LogP contribution < -0.4 is 0 Å². The minimum atomic E-state index is -3.13. The Bertz CT molecular complexity index is 795. The Balaban J connectivity index is 1.94. The van der Waals surface area contributed by atoms with E-state index < -0.39 is 9.84 Å². The maximum atomic E-state index is 13.1.